The van der Waals surface area contributed by atoms with Crippen molar-refractivity contribution in [2.45, 2.75) is 25.4 Å². The smallest absolute Gasteiger partial charge is 0.119 e. The van der Waals surface area contributed by atoms with Gasteiger partial charge in [-0.05, 0) is 43.5 Å². The van der Waals surface area contributed by atoms with Gasteiger partial charge in [0.2, 0.25) is 0 Å². The summed E-state index contributed by atoms with van der Waals surface area (Å²) in [6.45, 7) is 3.77. The minimum absolute atomic E-state index is 0.0911. The molecule has 1 aliphatic rings. The zero-order chi connectivity index (χ0) is 12.8. The van der Waals surface area contributed by atoms with Gasteiger partial charge in [0.1, 0.15) is 5.75 Å². The molecule has 1 saturated heterocycles. The molecule has 1 fully saturated rings. The summed E-state index contributed by atoms with van der Waals surface area (Å²) in [6, 6.07) is 7.45. The SMILES string of the molecule is OC1CCN(CCCOc2ccc(Cl)cc2)CC1. The molecular formula is C14H20ClNO2. The maximum Gasteiger partial charge on any atom is 0.119 e. The van der Waals surface area contributed by atoms with E-state index in [0.29, 0.717) is 0 Å². The van der Waals surface area contributed by atoms with Gasteiger partial charge < -0.3 is 14.7 Å². The van der Waals surface area contributed by atoms with E-state index < -0.39 is 0 Å². The number of aliphatic hydroxyl groups is 1. The van der Waals surface area contributed by atoms with E-state index in [2.05, 4.69) is 4.90 Å². The number of likely N-dealkylation sites (tertiary alicyclic amines) is 1. The average molecular weight is 270 g/mol. The molecule has 0 radical (unpaired) electrons. The van der Waals surface area contributed by atoms with Crippen LogP contribution in [0.3, 0.4) is 0 Å². The molecule has 2 rings (SSSR count). The highest BCUT2D eigenvalue weighted by molar-refractivity contribution is 6.30. The zero-order valence-electron chi connectivity index (χ0n) is 10.5. The Labute approximate surface area is 113 Å². The second kappa shape index (κ2) is 6.98. The Balaban J connectivity index is 1.60. The number of hydrogen-bond acceptors (Lipinski definition) is 3. The molecule has 1 aliphatic heterocycles. The molecule has 0 spiro atoms. The molecule has 4 heteroatoms. The van der Waals surface area contributed by atoms with Gasteiger partial charge in [0.25, 0.3) is 0 Å². The van der Waals surface area contributed by atoms with Gasteiger partial charge in [0.15, 0.2) is 0 Å². The quantitative estimate of drug-likeness (QED) is 0.834. The van der Waals surface area contributed by atoms with Crippen LogP contribution in [0.2, 0.25) is 5.02 Å². The third-order valence-electron chi connectivity index (χ3n) is 3.26. The zero-order valence-corrected chi connectivity index (χ0v) is 11.3. The molecule has 0 aliphatic carbocycles. The number of ether oxygens (including phenoxy) is 1. The number of piperidine rings is 1. The lowest BCUT2D eigenvalue weighted by molar-refractivity contribution is 0.0800. The van der Waals surface area contributed by atoms with Gasteiger partial charge in [-0.15, -0.1) is 0 Å². The van der Waals surface area contributed by atoms with Crippen LogP contribution in [0.15, 0.2) is 24.3 Å². The lowest BCUT2D eigenvalue weighted by Gasteiger charge is -2.29. The molecule has 0 unspecified atom stereocenters. The van der Waals surface area contributed by atoms with Gasteiger partial charge in [0.05, 0.1) is 12.7 Å². The Hall–Kier alpha value is -0.770. The summed E-state index contributed by atoms with van der Waals surface area (Å²) < 4.78 is 5.64. The molecule has 18 heavy (non-hydrogen) atoms. The van der Waals surface area contributed by atoms with Crippen molar-refractivity contribution in [1.29, 1.82) is 0 Å². The largest absolute Gasteiger partial charge is 0.494 e. The van der Waals surface area contributed by atoms with Crippen LogP contribution in [0.5, 0.6) is 5.75 Å². The van der Waals surface area contributed by atoms with Crippen LogP contribution >= 0.6 is 11.6 Å². The lowest BCUT2D eigenvalue weighted by Crippen LogP contribution is -2.36. The summed E-state index contributed by atoms with van der Waals surface area (Å²) in [6.07, 6.45) is 2.72. The summed E-state index contributed by atoms with van der Waals surface area (Å²) in [4.78, 5) is 2.39. The van der Waals surface area contributed by atoms with E-state index in [1.54, 1.807) is 0 Å². The Morgan fingerprint density at radius 1 is 1.22 bits per heavy atom. The molecule has 1 N–H and O–H groups in total. The minimum atomic E-state index is -0.0911. The van der Waals surface area contributed by atoms with Gasteiger partial charge in [-0.2, -0.15) is 0 Å². The molecular weight excluding hydrogens is 250 g/mol. The Morgan fingerprint density at radius 2 is 1.89 bits per heavy atom. The van der Waals surface area contributed by atoms with E-state index in [0.717, 1.165) is 56.3 Å². The van der Waals surface area contributed by atoms with Gasteiger partial charge in [0, 0.05) is 24.7 Å². The van der Waals surface area contributed by atoms with Crippen molar-refractivity contribution in [3.8, 4) is 5.75 Å². The van der Waals surface area contributed by atoms with Crippen molar-refractivity contribution in [2.24, 2.45) is 0 Å². The van der Waals surface area contributed by atoms with Crippen LogP contribution in [0, 0.1) is 0 Å². The summed E-state index contributed by atoms with van der Waals surface area (Å²) in [5.74, 6) is 0.869. The van der Waals surface area contributed by atoms with E-state index in [1.807, 2.05) is 24.3 Å². The van der Waals surface area contributed by atoms with E-state index in [9.17, 15) is 5.11 Å². The van der Waals surface area contributed by atoms with Crippen LogP contribution < -0.4 is 4.74 Å². The first-order valence-electron chi connectivity index (χ1n) is 6.53. The van der Waals surface area contributed by atoms with E-state index in [4.69, 9.17) is 16.3 Å². The summed E-state index contributed by atoms with van der Waals surface area (Å²) >= 11 is 5.80. The number of benzene rings is 1. The van der Waals surface area contributed by atoms with Gasteiger partial charge in [-0.3, -0.25) is 0 Å². The first-order chi connectivity index (χ1) is 8.74. The number of halogens is 1. The van der Waals surface area contributed by atoms with Crippen molar-refractivity contribution in [3.05, 3.63) is 29.3 Å². The van der Waals surface area contributed by atoms with Crippen LogP contribution in [-0.4, -0.2) is 42.4 Å². The van der Waals surface area contributed by atoms with Crippen molar-refractivity contribution in [1.82, 2.24) is 4.90 Å². The number of rotatable bonds is 5. The highest BCUT2D eigenvalue weighted by Crippen LogP contribution is 2.16. The van der Waals surface area contributed by atoms with Crippen LogP contribution in [0.25, 0.3) is 0 Å². The maximum absolute atomic E-state index is 9.41. The molecule has 0 aromatic heterocycles. The van der Waals surface area contributed by atoms with Gasteiger partial charge in [-0.1, -0.05) is 11.6 Å². The molecule has 0 amide bonds. The Kier molecular flexibility index (Phi) is 5.29. The van der Waals surface area contributed by atoms with Crippen LogP contribution in [0.1, 0.15) is 19.3 Å². The van der Waals surface area contributed by atoms with E-state index in [-0.39, 0.29) is 6.10 Å². The molecule has 0 bridgehead atoms. The monoisotopic (exact) mass is 269 g/mol. The molecule has 1 aromatic rings. The minimum Gasteiger partial charge on any atom is -0.494 e. The topological polar surface area (TPSA) is 32.7 Å². The fraction of sp³-hybridized carbons (Fsp3) is 0.571. The van der Waals surface area contributed by atoms with Crippen molar-refractivity contribution in [3.63, 3.8) is 0 Å². The normalized spacial score (nSPS) is 17.9. The first-order valence-corrected chi connectivity index (χ1v) is 6.90. The molecule has 1 aromatic carbocycles. The molecule has 3 nitrogen and oxygen atoms in total. The van der Waals surface area contributed by atoms with Crippen molar-refractivity contribution >= 4 is 11.6 Å². The summed E-state index contributed by atoms with van der Waals surface area (Å²) in [5.41, 5.74) is 0. The second-order valence-corrected chi connectivity index (χ2v) is 5.17. The predicted octanol–water partition coefficient (Wildman–Crippen LogP) is 2.57. The summed E-state index contributed by atoms with van der Waals surface area (Å²) in [7, 11) is 0. The molecule has 100 valence electrons. The number of nitrogens with zero attached hydrogens (tertiary/aromatic N) is 1. The Morgan fingerprint density at radius 3 is 2.56 bits per heavy atom. The highest BCUT2D eigenvalue weighted by atomic mass is 35.5. The van der Waals surface area contributed by atoms with E-state index in [1.165, 1.54) is 0 Å². The predicted molar refractivity (Wildman–Crippen MR) is 73.2 cm³/mol. The second-order valence-electron chi connectivity index (χ2n) is 4.73. The standard InChI is InChI=1S/C14H20ClNO2/c15-12-2-4-14(5-3-12)18-11-1-8-16-9-6-13(17)7-10-16/h2-5,13,17H,1,6-11H2. The first kappa shape index (κ1) is 13.7. The van der Waals surface area contributed by atoms with Crippen molar-refractivity contribution < 1.29 is 9.84 Å². The highest BCUT2D eigenvalue weighted by Gasteiger charge is 2.15. The number of aliphatic hydroxyl groups excluding tert-OH is 1. The molecule has 0 saturated carbocycles. The summed E-state index contributed by atoms with van der Waals surface area (Å²) in [5, 5.41) is 10.1. The lowest BCUT2D eigenvalue weighted by atomic mass is 10.1. The molecule has 1 heterocycles. The fourth-order valence-electron chi connectivity index (χ4n) is 2.15. The number of hydrogen-bond donors (Lipinski definition) is 1. The van der Waals surface area contributed by atoms with E-state index >= 15 is 0 Å². The Bertz CT molecular complexity index is 347. The van der Waals surface area contributed by atoms with Crippen LogP contribution in [0.4, 0.5) is 0 Å². The third kappa shape index (κ3) is 4.48. The fourth-order valence-corrected chi connectivity index (χ4v) is 2.28. The molecule has 0 atom stereocenters. The van der Waals surface area contributed by atoms with Crippen LogP contribution in [-0.2, 0) is 0 Å². The average Bonchev–Trinajstić information content (AvgIpc) is 2.39. The third-order valence-corrected chi connectivity index (χ3v) is 3.51. The van der Waals surface area contributed by atoms with Crippen molar-refractivity contribution in [2.75, 3.05) is 26.2 Å². The van der Waals surface area contributed by atoms with Gasteiger partial charge in [-0.25, -0.2) is 0 Å². The maximum atomic E-state index is 9.41. The van der Waals surface area contributed by atoms with Gasteiger partial charge >= 0.3 is 0 Å².